The van der Waals surface area contributed by atoms with Gasteiger partial charge in [-0.2, -0.15) is 0 Å². The van der Waals surface area contributed by atoms with Crippen molar-refractivity contribution in [2.45, 2.75) is 13.8 Å². The monoisotopic (exact) mass is 365 g/mol. The van der Waals surface area contributed by atoms with Crippen LogP contribution >= 0.6 is 23.2 Å². The lowest BCUT2D eigenvalue weighted by atomic mass is 10.2. The average molecular weight is 366 g/mol. The maximum atomic E-state index is 12.4. The highest BCUT2D eigenvalue weighted by Gasteiger charge is 2.16. The lowest BCUT2D eigenvalue weighted by Gasteiger charge is -2.18. The zero-order valence-corrected chi connectivity index (χ0v) is 14.9. The maximum absolute atomic E-state index is 12.4. The second kappa shape index (κ2) is 8.13. The number of halogens is 2. The third-order valence-corrected chi connectivity index (χ3v) is 4.02. The SMILES string of the molecule is CCN(CC)C(=O)c1cc(C(=O)Nc2ccc(Cl)cc2Cl)ccn1. The molecule has 0 saturated carbocycles. The highest BCUT2D eigenvalue weighted by Crippen LogP contribution is 2.25. The molecule has 2 aromatic rings. The minimum Gasteiger partial charge on any atom is -0.338 e. The van der Waals surface area contributed by atoms with E-state index < -0.39 is 0 Å². The van der Waals surface area contributed by atoms with Crippen molar-refractivity contribution < 1.29 is 9.59 Å². The highest BCUT2D eigenvalue weighted by atomic mass is 35.5. The number of anilines is 1. The van der Waals surface area contributed by atoms with Gasteiger partial charge < -0.3 is 10.2 Å². The van der Waals surface area contributed by atoms with Gasteiger partial charge >= 0.3 is 0 Å². The first-order valence-corrected chi connectivity index (χ1v) is 8.23. The van der Waals surface area contributed by atoms with Crippen molar-refractivity contribution in [2.75, 3.05) is 18.4 Å². The summed E-state index contributed by atoms with van der Waals surface area (Å²) < 4.78 is 0. The molecule has 0 bridgehead atoms. The van der Waals surface area contributed by atoms with Crippen LogP contribution in [-0.4, -0.2) is 34.8 Å². The van der Waals surface area contributed by atoms with Crippen LogP contribution in [0.3, 0.4) is 0 Å². The van der Waals surface area contributed by atoms with Gasteiger partial charge in [0.15, 0.2) is 0 Å². The Morgan fingerprint density at radius 3 is 2.46 bits per heavy atom. The van der Waals surface area contributed by atoms with E-state index in [1.54, 1.807) is 23.1 Å². The Balaban J connectivity index is 2.21. The number of pyridine rings is 1. The number of hydrogen-bond donors (Lipinski definition) is 1. The van der Waals surface area contributed by atoms with Crippen LogP contribution in [0.2, 0.25) is 10.0 Å². The lowest BCUT2D eigenvalue weighted by Crippen LogP contribution is -2.31. The fourth-order valence-corrected chi connectivity index (χ4v) is 2.60. The number of hydrogen-bond acceptors (Lipinski definition) is 3. The number of carbonyl (C=O) groups is 2. The summed E-state index contributed by atoms with van der Waals surface area (Å²) in [6.07, 6.45) is 1.44. The Morgan fingerprint density at radius 1 is 1.12 bits per heavy atom. The van der Waals surface area contributed by atoms with E-state index in [0.717, 1.165) is 0 Å². The molecular weight excluding hydrogens is 349 g/mol. The molecule has 0 aliphatic rings. The molecule has 0 atom stereocenters. The minimum absolute atomic E-state index is 0.209. The average Bonchev–Trinajstić information content (AvgIpc) is 2.58. The third-order valence-electron chi connectivity index (χ3n) is 3.47. The Hall–Kier alpha value is -2.11. The van der Waals surface area contributed by atoms with Crippen LogP contribution in [0.5, 0.6) is 0 Å². The molecule has 1 N–H and O–H groups in total. The van der Waals surface area contributed by atoms with Gasteiger partial charge in [-0.3, -0.25) is 14.6 Å². The van der Waals surface area contributed by atoms with E-state index >= 15 is 0 Å². The first-order chi connectivity index (χ1) is 11.5. The molecule has 1 aromatic heterocycles. The first kappa shape index (κ1) is 18.2. The molecule has 0 radical (unpaired) electrons. The largest absolute Gasteiger partial charge is 0.338 e. The molecule has 1 heterocycles. The molecule has 2 amide bonds. The zero-order valence-electron chi connectivity index (χ0n) is 13.3. The van der Waals surface area contributed by atoms with Crippen molar-refractivity contribution in [1.29, 1.82) is 0 Å². The number of benzene rings is 1. The Morgan fingerprint density at radius 2 is 1.83 bits per heavy atom. The van der Waals surface area contributed by atoms with Gasteiger partial charge in [-0.25, -0.2) is 0 Å². The molecule has 0 fully saturated rings. The molecule has 126 valence electrons. The van der Waals surface area contributed by atoms with Crippen LogP contribution in [0, 0.1) is 0 Å². The van der Waals surface area contributed by atoms with Crippen molar-refractivity contribution >= 4 is 40.7 Å². The molecule has 0 saturated heterocycles. The van der Waals surface area contributed by atoms with Gasteiger partial charge in [0.1, 0.15) is 5.69 Å². The predicted octanol–water partition coefficient (Wildman–Crippen LogP) is 4.12. The normalized spacial score (nSPS) is 10.3. The molecule has 0 aliphatic heterocycles. The van der Waals surface area contributed by atoms with Crippen molar-refractivity contribution in [2.24, 2.45) is 0 Å². The van der Waals surface area contributed by atoms with Gasteiger partial charge in [-0.05, 0) is 44.2 Å². The quantitative estimate of drug-likeness (QED) is 0.866. The minimum atomic E-state index is -0.379. The van der Waals surface area contributed by atoms with E-state index in [0.29, 0.717) is 34.4 Å². The third kappa shape index (κ3) is 4.24. The van der Waals surface area contributed by atoms with Gasteiger partial charge in [-0.15, -0.1) is 0 Å². The second-order valence-electron chi connectivity index (χ2n) is 4.99. The molecule has 0 aliphatic carbocycles. The van der Waals surface area contributed by atoms with Crippen LogP contribution in [0.15, 0.2) is 36.5 Å². The maximum Gasteiger partial charge on any atom is 0.272 e. The van der Waals surface area contributed by atoms with Crippen LogP contribution in [-0.2, 0) is 0 Å². The summed E-state index contributed by atoms with van der Waals surface area (Å²) in [4.78, 5) is 30.4. The number of carbonyl (C=O) groups excluding carboxylic acids is 2. The smallest absolute Gasteiger partial charge is 0.272 e. The summed E-state index contributed by atoms with van der Waals surface area (Å²) in [6, 6.07) is 7.80. The fourth-order valence-electron chi connectivity index (χ4n) is 2.15. The van der Waals surface area contributed by atoms with E-state index in [2.05, 4.69) is 10.3 Å². The molecule has 7 heteroatoms. The van der Waals surface area contributed by atoms with E-state index in [-0.39, 0.29) is 17.5 Å². The van der Waals surface area contributed by atoms with Gasteiger partial charge in [0.2, 0.25) is 0 Å². The molecular formula is C17H17Cl2N3O2. The summed E-state index contributed by atoms with van der Waals surface area (Å²) in [6.45, 7) is 4.93. The summed E-state index contributed by atoms with van der Waals surface area (Å²) in [5, 5.41) is 3.51. The van der Waals surface area contributed by atoms with Crippen LogP contribution < -0.4 is 5.32 Å². The van der Waals surface area contributed by atoms with E-state index in [1.807, 2.05) is 13.8 Å². The molecule has 1 aromatic carbocycles. The van der Waals surface area contributed by atoms with E-state index in [1.165, 1.54) is 18.3 Å². The predicted molar refractivity (Wildman–Crippen MR) is 95.9 cm³/mol. The molecule has 0 spiro atoms. The number of nitrogens with zero attached hydrogens (tertiary/aromatic N) is 2. The zero-order chi connectivity index (χ0) is 17.7. The number of amides is 2. The Labute approximate surface area is 150 Å². The van der Waals surface area contributed by atoms with E-state index in [4.69, 9.17) is 23.2 Å². The molecule has 5 nitrogen and oxygen atoms in total. The fraction of sp³-hybridized carbons (Fsp3) is 0.235. The summed E-state index contributed by atoms with van der Waals surface area (Å²) in [7, 11) is 0. The summed E-state index contributed by atoms with van der Waals surface area (Å²) in [5.74, 6) is -0.589. The highest BCUT2D eigenvalue weighted by molar-refractivity contribution is 6.36. The van der Waals surface area contributed by atoms with Gasteiger partial charge in [0.25, 0.3) is 11.8 Å². The van der Waals surface area contributed by atoms with E-state index in [9.17, 15) is 9.59 Å². The van der Waals surface area contributed by atoms with Crippen molar-refractivity contribution in [3.8, 4) is 0 Å². The van der Waals surface area contributed by atoms with Crippen LogP contribution in [0.1, 0.15) is 34.7 Å². The number of nitrogens with one attached hydrogen (secondary N) is 1. The number of rotatable bonds is 5. The van der Waals surface area contributed by atoms with Crippen molar-refractivity contribution in [1.82, 2.24) is 9.88 Å². The second-order valence-corrected chi connectivity index (χ2v) is 5.83. The molecule has 0 unspecified atom stereocenters. The van der Waals surface area contributed by atoms with Gasteiger partial charge in [0, 0.05) is 29.9 Å². The Bertz CT molecular complexity index is 761. The topological polar surface area (TPSA) is 62.3 Å². The van der Waals surface area contributed by atoms with Crippen molar-refractivity contribution in [3.05, 3.63) is 57.8 Å². The van der Waals surface area contributed by atoms with Gasteiger partial charge in [0.05, 0.1) is 10.7 Å². The summed E-state index contributed by atoms with van der Waals surface area (Å²) >= 11 is 11.9. The molecule has 2 rings (SSSR count). The standard InChI is InChI=1S/C17H17Cl2N3O2/c1-3-22(4-2)17(24)15-9-11(7-8-20-15)16(23)21-14-6-5-12(18)10-13(14)19/h5-10H,3-4H2,1-2H3,(H,21,23). The first-order valence-electron chi connectivity index (χ1n) is 7.48. The van der Waals surface area contributed by atoms with Crippen LogP contribution in [0.4, 0.5) is 5.69 Å². The van der Waals surface area contributed by atoms with Gasteiger partial charge in [-0.1, -0.05) is 23.2 Å². The summed E-state index contributed by atoms with van der Waals surface area (Å²) in [5.41, 5.74) is 1.000. The Kier molecular flexibility index (Phi) is 6.17. The number of aromatic nitrogens is 1. The molecule has 24 heavy (non-hydrogen) atoms. The lowest BCUT2D eigenvalue weighted by molar-refractivity contribution is 0.0767. The van der Waals surface area contributed by atoms with Crippen molar-refractivity contribution in [3.63, 3.8) is 0 Å². The van der Waals surface area contributed by atoms with Crippen LogP contribution in [0.25, 0.3) is 0 Å².